The first kappa shape index (κ1) is 12.2. The second-order valence-electron chi connectivity index (χ2n) is 3.55. The lowest BCUT2D eigenvalue weighted by atomic mass is 10.1. The molecular weight excluding hydrogens is 260 g/mol. The van der Waals surface area contributed by atoms with Crippen LogP contribution in [0.2, 0.25) is 0 Å². The van der Waals surface area contributed by atoms with Crippen LogP contribution in [0.4, 0.5) is 5.82 Å². The van der Waals surface area contributed by atoms with Crippen LogP contribution in [0, 0.1) is 5.92 Å². The molecule has 1 atom stereocenters. The molecule has 15 heavy (non-hydrogen) atoms. The van der Waals surface area contributed by atoms with Crippen LogP contribution in [0.5, 0.6) is 5.88 Å². The first-order valence-electron chi connectivity index (χ1n) is 4.70. The van der Waals surface area contributed by atoms with Crippen molar-refractivity contribution in [1.29, 1.82) is 0 Å². The maximum absolute atomic E-state index is 5.66. The summed E-state index contributed by atoms with van der Waals surface area (Å²) < 4.78 is 6.29. The van der Waals surface area contributed by atoms with Crippen molar-refractivity contribution in [2.24, 2.45) is 11.8 Å². The van der Waals surface area contributed by atoms with E-state index < -0.39 is 0 Å². The Balaban J connectivity index is 2.86. The van der Waals surface area contributed by atoms with Gasteiger partial charge in [-0.15, -0.1) is 0 Å². The largest absolute Gasteiger partial charge is 0.473 e. The van der Waals surface area contributed by atoms with Crippen LogP contribution in [-0.4, -0.2) is 16.1 Å². The van der Waals surface area contributed by atoms with Crippen molar-refractivity contribution < 1.29 is 4.74 Å². The number of hydrogen-bond donors (Lipinski definition) is 2. The van der Waals surface area contributed by atoms with E-state index in [1.54, 1.807) is 0 Å². The molecule has 0 fully saturated rings. The third-order valence-electron chi connectivity index (χ3n) is 2.13. The minimum absolute atomic E-state index is 0.0850. The molecule has 1 heterocycles. The Bertz CT molecular complexity index is 332. The Morgan fingerprint density at radius 1 is 1.40 bits per heavy atom. The Labute approximate surface area is 97.5 Å². The lowest BCUT2D eigenvalue weighted by molar-refractivity contribution is 0.162. The molecule has 3 N–H and O–H groups in total. The SMILES string of the molecule is CC(C)C(C)Oc1ncnc(NN)c1Br. The Morgan fingerprint density at radius 2 is 2.07 bits per heavy atom. The zero-order valence-electron chi connectivity index (χ0n) is 8.99. The highest BCUT2D eigenvalue weighted by Crippen LogP contribution is 2.29. The third kappa shape index (κ3) is 3.04. The maximum atomic E-state index is 5.66. The highest BCUT2D eigenvalue weighted by atomic mass is 79.9. The minimum Gasteiger partial charge on any atom is -0.473 e. The van der Waals surface area contributed by atoms with Gasteiger partial charge < -0.3 is 10.2 Å². The van der Waals surface area contributed by atoms with Crippen LogP contribution < -0.4 is 16.0 Å². The molecule has 0 saturated heterocycles. The van der Waals surface area contributed by atoms with Crippen molar-refractivity contribution in [2.45, 2.75) is 26.9 Å². The topological polar surface area (TPSA) is 73.1 Å². The normalized spacial score (nSPS) is 12.7. The third-order valence-corrected chi connectivity index (χ3v) is 2.85. The van der Waals surface area contributed by atoms with Gasteiger partial charge in [0.2, 0.25) is 5.88 Å². The Hall–Kier alpha value is -0.880. The van der Waals surface area contributed by atoms with E-state index in [9.17, 15) is 0 Å². The number of nitrogens with zero attached hydrogens (tertiary/aromatic N) is 2. The number of ether oxygens (including phenoxy) is 1. The quantitative estimate of drug-likeness (QED) is 0.649. The van der Waals surface area contributed by atoms with Crippen LogP contribution in [0.3, 0.4) is 0 Å². The monoisotopic (exact) mass is 274 g/mol. The summed E-state index contributed by atoms with van der Waals surface area (Å²) in [4.78, 5) is 7.97. The van der Waals surface area contributed by atoms with Gasteiger partial charge in [-0.05, 0) is 28.8 Å². The molecule has 84 valence electrons. The number of aromatic nitrogens is 2. The van der Waals surface area contributed by atoms with Crippen molar-refractivity contribution in [3.8, 4) is 5.88 Å². The van der Waals surface area contributed by atoms with E-state index in [0.717, 1.165) is 0 Å². The van der Waals surface area contributed by atoms with Gasteiger partial charge in [-0.25, -0.2) is 15.8 Å². The summed E-state index contributed by atoms with van der Waals surface area (Å²) in [6.07, 6.45) is 1.49. The molecule has 0 radical (unpaired) electrons. The fourth-order valence-electron chi connectivity index (χ4n) is 0.849. The Morgan fingerprint density at radius 3 is 2.60 bits per heavy atom. The lowest BCUT2D eigenvalue weighted by Crippen LogP contribution is -2.20. The second kappa shape index (κ2) is 5.27. The molecule has 0 bridgehead atoms. The molecule has 1 unspecified atom stereocenters. The van der Waals surface area contributed by atoms with E-state index in [1.165, 1.54) is 6.33 Å². The Kier molecular flexibility index (Phi) is 4.28. The lowest BCUT2D eigenvalue weighted by Gasteiger charge is -2.18. The smallest absolute Gasteiger partial charge is 0.233 e. The van der Waals surface area contributed by atoms with E-state index in [4.69, 9.17) is 10.6 Å². The summed E-state index contributed by atoms with van der Waals surface area (Å²) in [5, 5.41) is 0. The summed E-state index contributed by atoms with van der Waals surface area (Å²) in [7, 11) is 0. The van der Waals surface area contributed by atoms with Crippen molar-refractivity contribution in [3.63, 3.8) is 0 Å². The van der Waals surface area contributed by atoms with Gasteiger partial charge in [0.25, 0.3) is 0 Å². The van der Waals surface area contributed by atoms with E-state index in [2.05, 4.69) is 45.2 Å². The van der Waals surface area contributed by atoms with Gasteiger partial charge in [0.15, 0.2) is 5.82 Å². The number of hydrazine groups is 1. The summed E-state index contributed by atoms with van der Waals surface area (Å²) in [6.45, 7) is 6.17. The zero-order chi connectivity index (χ0) is 11.4. The molecule has 6 heteroatoms. The average Bonchev–Trinajstić information content (AvgIpc) is 2.21. The first-order chi connectivity index (χ1) is 7.06. The fourth-order valence-corrected chi connectivity index (χ4v) is 1.26. The van der Waals surface area contributed by atoms with Crippen molar-refractivity contribution in [2.75, 3.05) is 5.43 Å². The van der Waals surface area contributed by atoms with Crippen molar-refractivity contribution >= 4 is 21.7 Å². The highest BCUT2D eigenvalue weighted by molar-refractivity contribution is 9.10. The number of anilines is 1. The molecule has 0 aromatic carbocycles. The van der Waals surface area contributed by atoms with E-state index in [-0.39, 0.29) is 6.10 Å². The van der Waals surface area contributed by atoms with Crippen molar-refractivity contribution in [3.05, 3.63) is 10.8 Å². The first-order valence-corrected chi connectivity index (χ1v) is 5.49. The van der Waals surface area contributed by atoms with E-state index >= 15 is 0 Å². The number of hydrogen-bond acceptors (Lipinski definition) is 5. The molecule has 0 spiro atoms. The molecule has 5 nitrogen and oxygen atoms in total. The van der Waals surface area contributed by atoms with Gasteiger partial charge >= 0.3 is 0 Å². The molecule has 0 aliphatic heterocycles. The van der Waals surface area contributed by atoms with E-state index in [0.29, 0.717) is 22.1 Å². The predicted molar refractivity (Wildman–Crippen MR) is 62.5 cm³/mol. The standard InChI is InChI=1S/C9H15BrN4O/c1-5(2)6(3)15-9-7(10)8(14-11)12-4-13-9/h4-6H,11H2,1-3H3,(H,12,13,14). The van der Waals surface area contributed by atoms with Gasteiger partial charge in [-0.2, -0.15) is 0 Å². The predicted octanol–water partition coefficient (Wildman–Crippen LogP) is 1.95. The zero-order valence-corrected chi connectivity index (χ0v) is 10.6. The van der Waals surface area contributed by atoms with Gasteiger partial charge in [0.1, 0.15) is 10.8 Å². The van der Waals surface area contributed by atoms with Crippen LogP contribution >= 0.6 is 15.9 Å². The van der Waals surface area contributed by atoms with Gasteiger partial charge in [0, 0.05) is 0 Å². The average molecular weight is 275 g/mol. The summed E-state index contributed by atoms with van der Waals surface area (Å²) >= 11 is 3.33. The molecule has 1 aromatic rings. The molecule has 0 aliphatic carbocycles. The van der Waals surface area contributed by atoms with E-state index in [1.807, 2.05) is 6.92 Å². The molecule has 1 aromatic heterocycles. The van der Waals surface area contributed by atoms with Crippen molar-refractivity contribution in [1.82, 2.24) is 9.97 Å². The minimum atomic E-state index is 0.0850. The number of nitrogen functional groups attached to an aromatic ring is 1. The molecule has 0 saturated carbocycles. The van der Waals surface area contributed by atoms with Crippen LogP contribution in [0.15, 0.2) is 10.8 Å². The number of nitrogens with one attached hydrogen (secondary N) is 1. The summed E-state index contributed by atoms with van der Waals surface area (Å²) in [5.41, 5.74) is 2.46. The second-order valence-corrected chi connectivity index (χ2v) is 4.35. The number of nitrogens with two attached hydrogens (primary N) is 1. The van der Waals surface area contributed by atoms with Gasteiger partial charge in [-0.1, -0.05) is 13.8 Å². The summed E-state index contributed by atoms with van der Waals surface area (Å²) in [6, 6.07) is 0. The van der Waals surface area contributed by atoms with Crippen LogP contribution in [0.1, 0.15) is 20.8 Å². The fraction of sp³-hybridized carbons (Fsp3) is 0.556. The van der Waals surface area contributed by atoms with Gasteiger partial charge in [0.05, 0.1) is 6.10 Å². The molecule has 0 aliphatic rings. The number of rotatable bonds is 4. The van der Waals surface area contributed by atoms with Crippen LogP contribution in [0.25, 0.3) is 0 Å². The summed E-state index contributed by atoms with van der Waals surface area (Å²) in [5.74, 6) is 6.71. The molecular formula is C9H15BrN4O. The highest BCUT2D eigenvalue weighted by Gasteiger charge is 2.14. The number of halogens is 1. The molecule has 1 rings (SSSR count). The molecule has 0 amide bonds. The van der Waals surface area contributed by atoms with Crippen LogP contribution in [-0.2, 0) is 0 Å². The van der Waals surface area contributed by atoms with Gasteiger partial charge in [-0.3, -0.25) is 0 Å². The maximum Gasteiger partial charge on any atom is 0.233 e.